The zero-order chi connectivity index (χ0) is 11.2. The van der Waals surface area contributed by atoms with Gasteiger partial charge in [-0.05, 0) is 6.54 Å². The van der Waals surface area contributed by atoms with Gasteiger partial charge in [-0.25, -0.2) is 9.97 Å². The van der Waals surface area contributed by atoms with Gasteiger partial charge >= 0.3 is 0 Å². The highest BCUT2D eigenvalue weighted by Crippen LogP contribution is 2.20. The van der Waals surface area contributed by atoms with E-state index in [2.05, 4.69) is 22.2 Å². The molecule has 0 aromatic carbocycles. The largest absolute Gasteiger partial charge is 0.350 e. The number of ether oxygens (including phenoxy) is 2. The quantitative estimate of drug-likeness (QED) is 0.803. The lowest BCUT2D eigenvalue weighted by atomic mass is 10.1. The molecule has 5 nitrogen and oxygen atoms in total. The number of aromatic nitrogens is 2. The molecular weight excluding hydrogens is 206 g/mol. The van der Waals surface area contributed by atoms with Gasteiger partial charge in [-0.3, -0.25) is 0 Å². The van der Waals surface area contributed by atoms with E-state index < -0.39 is 0 Å². The lowest BCUT2D eigenvalue weighted by Gasteiger charge is -2.20. The summed E-state index contributed by atoms with van der Waals surface area (Å²) in [5.74, 6) is 0. The van der Waals surface area contributed by atoms with Crippen LogP contribution in [0.5, 0.6) is 0 Å². The van der Waals surface area contributed by atoms with Gasteiger partial charge in [-0.1, -0.05) is 6.92 Å². The molecule has 0 amide bonds. The molecule has 2 rings (SSSR count). The second-order valence-electron chi connectivity index (χ2n) is 3.69. The Hall–Kier alpha value is -1.04. The maximum absolute atomic E-state index is 5.45. The average Bonchev–Trinajstić information content (AvgIpc) is 2.83. The molecule has 0 bridgehead atoms. The molecule has 0 saturated carbocycles. The first-order valence-corrected chi connectivity index (χ1v) is 5.61. The van der Waals surface area contributed by atoms with E-state index in [1.54, 1.807) is 0 Å². The monoisotopic (exact) mass is 223 g/mol. The third-order valence-electron chi connectivity index (χ3n) is 2.55. The highest BCUT2D eigenvalue weighted by Gasteiger charge is 2.22. The zero-order valence-corrected chi connectivity index (χ0v) is 9.43. The highest BCUT2D eigenvalue weighted by atomic mass is 16.7. The normalized spacial score (nSPS) is 18.8. The van der Waals surface area contributed by atoms with Crippen molar-refractivity contribution >= 4 is 0 Å². The zero-order valence-electron chi connectivity index (χ0n) is 9.43. The molecule has 2 heterocycles. The first-order valence-electron chi connectivity index (χ1n) is 5.61. The van der Waals surface area contributed by atoms with Crippen molar-refractivity contribution in [2.24, 2.45) is 0 Å². The van der Waals surface area contributed by atoms with Gasteiger partial charge in [0.05, 0.1) is 13.2 Å². The lowest BCUT2D eigenvalue weighted by molar-refractivity contribution is -0.0529. The molecule has 1 aromatic rings. The Kier molecular flexibility index (Phi) is 4.21. The van der Waals surface area contributed by atoms with E-state index in [1.807, 2.05) is 12.4 Å². The van der Waals surface area contributed by atoms with Crippen LogP contribution in [-0.2, 0) is 9.47 Å². The molecular formula is C11H17N3O2. The Labute approximate surface area is 95.2 Å². The van der Waals surface area contributed by atoms with Gasteiger partial charge in [0, 0.05) is 30.4 Å². The number of nitrogens with zero attached hydrogens (tertiary/aromatic N) is 2. The van der Waals surface area contributed by atoms with Gasteiger partial charge in [0.15, 0.2) is 6.29 Å². The molecule has 16 heavy (non-hydrogen) atoms. The predicted octanol–water partition coefficient (Wildman–Crippen LogP) is 0.890. The molecule has 0 radical (unpaired) electrons. The minimum absolute atomic E-state index is 0.107. The first kappa shape index (κ1) is 11.4. The Morgan fingerprint density at radius 2 is 2.06 bits per heavy atom. The fourth-order valence-corrected chi connectivity index (χ4v) is 1.81. The Balaban J connectivity index is 1.99. The van der Waals surface area contributed by atoms with Crippen LogP contribution in [0.25, 0.3) is 0 Å². The number of hydrogen-bond donors (Lipinski definition) is 1. The predicted molar refractivity (Wildman–Crippen MR) is 58.8 cm³/mol. The van der Waals surface area contributed by atoms with Gasteiger partial charge in [-0.2, -0.15) is 0 Å². The first-order chi connectivity index (χ1) is 7.90. The summed E-state index contributed by atoms with van der Waals surface area (Å²) in [7, 11) is 0. The van der Waals surface area contributed by atoms with Gasteiger partial charge in [-0.15, -0.1) is 0 Å². The minimum Gasteiger partial charge on any atom is -0.350 e. The van der Waals surface area contributed by atoms with Crippen LogP contribution in [0, 0.1) is 0 Å². The van der Waals surface area contributed by atoms with E-state index in [9.17, 15) is 0 Å². The SMILES string of the molecule is CCNC(CC1OCCO1)c1cncnc1. The molecule has 1 unspecified atom stereocenters. The van der Waals surface area contributed by atoms with E-state index in [1.165, 1.54) is 6.33 Å². The molecule has 1 aliphatic rings. The smallest absolute Gasteiger partial charge is 0.159 e. The van der Waals surface area contributed by atoms with Crippen molar-refractivity contribution in [3.8, 4) is 0 Å². The average molecular weight is 223 g/mol. The number of nitrogens with one attached hydrogen (secondary N) is 1. The van der Waals surface area contributed by atoms with Crippen LogP contribution in [0.4, 0.5) is 0 Å². The molecule has 0 aliphatic carbocycles. The van der Waals surface area contributed by atoms with E-state index in [4.69, 9.17) is 9.47 Å². The standard InChI is InChI=1S/C11H17N3O2/c1-2-14-10(5-11-15-3-4-16-11)9-6-12-8-13-7-9/h6-8,10-11,14H,2-5H2,1H3. The van der Waals surface area contributed by atoms with Crippen molar-refractivity contribution < 1.29 is 9.47 Å². The van der Waals surface area contributed by atoms with Gasteiger partial charge in [0.1, 0.15) is 6.33 Å². The molecule has 88 valence electrons. The Morgan fingerprint density at radius 3 is 2.69 bits per heavy atom. The van der Waals surface area contributed by atoms with Crippen LogP contribution in [0.2, 0.25) is 0 Å². The summed E-state index contributed by atoms with van der Waals surface area (Å²) in [5, 5.41) is 3.39. The van der Waals surface area contributed by atoms with Crippen molar-refractivity contribution in [1.29, 1.82) is 0 Å². The van der Waals surface area contributed by atoms with E-state index in [0.29, 0.717) is 13.2 Å². The second kappa shape index (κ2) is 5.89. The maximum Gasteiger partial charge on any atom is 0.159 e. The summed E-state index contributed by atoms with van der Waals surface area (Å²) in [6, 6.07) is 0.189. The molecule has 1 aromatic heterocycles. The third-order valence-corrected chi connectivity index (χ3v) is 2.55. The van der Waals surface area contributed by atoms with Crippen LogP contribution < -0.4 is 5.32 Å². The summed E-state index contributed by atoms with van der Waals surface area (Å²) in [4.78, 5) is 8.06. The highest BCUT2D eigenvalue weighted by molar-refractivity contribution is 5.09. The van der Waals surface area contributed by atoms with Gasteiger partial charge in [0.2, 0.25) is 0 Å². The van der Waals surface area contributed by atoms with Crippen molar-refractivity contribution in [3.63, 3.8) is 0 Å². The molecule has 1 N–H and O–H groups in total. The molecule has 5 heteroatoms. The topological polar surface area (TPSA) is 56.3 Å². The molecule has 1 atom stereocenters. The van der Waals surface area contributed by atoms with Crippen molar-refractivity contribution in [2.75, 3.05) is 19.8 Å². The third kappa shape index (κ3) is 2.98. The molecule has 1 saturated heterocycles. The summed E-state index contributed by atoms with van der Waals surface area (Å²) in [6.45, 7) is 4.35. The van der Waals surface area contributed by atoms with Crippen LogP contribution in [0.15, 0.2) is 18.7 Å². The maximum atomic E-state index is 5.45. The van der Waals surface area contributed by atoms with Crippen LogP contribution in [0.1, 0.15) is 24.9 Å². The van der Waals surface area contributed by atoms with Crippen molar-refractivity contribution in [3.05, 3.63) is 24.3 Å². The van der Waals surface area contributed by atoms with E-state index in [0.717, 1.165) is 18.5 Å². The number of rotatable bonds is 5. The number of hydrogen-bond acceptors (Lipinski definition) is 5. The molecule has 0 spiro atoms. The van der Waals surface area contributed by atoms with Gasteiger partial charge < -0.3 is 14.8 Å². The summed E-state index contributed by atoms with van der Waals surface area (Å²) in [6.07, 6.45) is 5.88. The van der Waals surface area contributed by atoms with E-state index >= 15 is 0 Å². The Morgan fingerprint density at radius 1 is 1.38 bits per heavy atom. The minimum atomic E-state index is -0.107. The van der Waals surface area contributed by atoms with E-state index in [-0.39, 0.29) is 12.3 Å². The van der Waals surface area contributed by atoms with Gasteiger partial charge in [0.25, 0.3) is 0 Å². The summed E-state index contributed by atoms with van der Waals surface area (Å²) < 4.78 is 10.9. The van der Waals surface area contributed by atoms with Crippen LogP contribution >= 0.6 is 0 Å². The molecule has 1 aliphatic heterocycles. The summed E-state index contributed by atoms with van der Waals surface area (Å²) in [5.41, 5.74) is 1.07. The Bertz CT molecular complexity index is 301. The fraction of sp³-hybridized carbons (Fsp3) is 0.636. The van der Waals surface area contributed by atoms with Crippen molar-refractivity contribution in [2.45, 2.75) is 25.7 Å². The molecule has 1 fully saturated rings. The lowest BCUT2D eigenvalue weighted by Crippen LogP contribution is -2.26. The van der Waals surface area contributed by atoms with Crippen molar-refractivity contribution in [1.82, 2.24) is 15.3 Å². The second-order valence-corrected chi connectivity index (χ2v) is 3.69. The van der Waals surface area contributed by atoms with Crippen LogP contribution in [0.3, 0.4) is 0 Å². The fourth-order valence-electron chi connectivity index (χ4n) is 1.81. The summed E-state index contributed by atoms with van der Waals surface area (Å²) >= 11 is 0. The van der Waals surface area contributed by atoms with Crippen LogP contribution in [-0.4, -0.2) is 36.0 Å².